The summed E-state index contributed by atoms with van der Waals surface area (Å²) < 4.78 is 11.5. The monoisotopic (exact) mass is 350 g/mol. The number of ether oxygens (including phenoxy) is 2. The second-order valence-electron chi connectivity index (χ2n) is 6.69. The number of unbranched alkanes of at least 4 members (excludes halogenated alkanes) is 2. The van der Waals surface area contributed by atoms with Crippen molar-refractivity contribution in [3.05, 3.63) is 17.8 Å². The summed E-state index contributed by atoms with van der Waals surface area (Å²) in [6.07, 6.45) is 7.31. The fraction of sp³-hybridized carbons (Fsp3) is 0.700. The number of hydrogen-bond donors (Lipinski definition) is 1. The van der Waals surface area contributed by atoms with Crippen molar-refractivity contribution in [1.29, 1.82) is 0 Å². The van der Waals surface area contributed by atoms with Gasteiger partial charge in [-0.1, -0.05) is 40.0 Å². The van der Waals surface area contributed by atoms with Crippen LogP contribution in [0.4, 0.5) is 5.69 Å². The highest BCUT2D eigenvalue weighted by molar-refractivity contribution is 5.97. The topological polar surface area (TPSA) is 60.5 Å². The van der Waals surface area contributed by atoms with Crippen LogP contribution in [0.2, 0.25) is 0 Å². The van der Waals surface area contributed by atoms with E-state index in [1.165, 1.54) is 0 Å². The Hall–Kier alpha value is -1.62. The van der Waals surface area contributed by atoms with Crippen molar-refractivity contribution >= 4 is 11.6 Å². The molecule has 0 unspecified atom stereocenters. The van der Waals surface area contributed by atoms with Crippen molar-refractivity contribution < 1.29 is 14.3 Å². The summed E-state index contributed by atoms with van der Waals surface area (Å²) in [4.78, 5) is 17.1. The molecule has 5 heteroatoms. The standard InChI is InChI=1S/C20H34N2O3/c1-6-9-11-20(5,25-12-8-3)19(23)22-17-14-16(4)18(21-15-17)24-13-10-7-2/h14-15H,6-13H2,1-5H3,(H,22,23)/t20-/m1/s1. The van der Waals surface area contributed by atoms with Crippen molar-refractivity contribution in [3.63, 3.8) is 0 Å². The molecule has 1 amide bonds. The van der Waals surface area contributed by atoms with Crippen LogP contribution in [0.15, 0.2) is 12.3 Å². The van der Waals surface area contributed by atoms with Gasteiger partial charge in [-0.3, -0.25) is 4.79 Å². The summed E-state index contributed by atoms with van der Waals surface area (Å²) in [6, 6.07) is 1.90. The van der Waals surface area contributed by atoms with Crippen LogP contribution in [0.3, 0.4) is 0 Å². The molecule has 0 saturated heterocycles. The predicted molar refractivity (Wildman–Crippen MR) is 102 cm³/mol. The Bertz CT molecular complexity index is 524. The van der Waals surface area contributed by atoms with Crippen LogP contribution in [0.1, 0.15) is 71.8 Å². The van der Waals surface area contributed by atoms with Gasteiger partial charge < -0.3 is 14.8 Å². The Balaban J connectivity index is 2.76. The fourth-order valence-electron chi connectivity index (χ4n) is 2.45. The number of anilines is 1. The Morgan fingerprint density at radius 3 is 2.48 bits per heavy atom. The van der Waals surface area contributed by atoms with Crippen molar-refractivity contribution in [2.24, 2.45) is 0 Å². The van der Waals surface area contributed by atoms with Gasteiger partial charge in [0.15, 0.2) is 0 Å². The smallest absolute Gasteiger partial charge is 0.256 e. The summed E-state index contributed by atoms with van der Waals surface area (Å²) >= 11 is 0. The molecule has 0 saturated carbocycles. The molecule has 0 aliphatic heterocycles. The van der Waals surface area contributed by atoms with E-state index >= 15 is 0 Å². The summed E-state index contributed by atoms with van der Waals surface area (Å²) in [5, 5.41) is 2.95. The first-order valence-corrected chi connectivity index (χ1v) is 9.51. The first kappa shape index (κ1) is 21.4. The number of carbonyl (C=O) groups excluding carboxylic acids is 1. The van der Waals surface area contributed by atoms with E-state index in [0.29, 0.717) is 31.2 Å². The average molecular weight is 351 g/mol. The number of nitrogens with one attached hydrogen (secondary N) is 1. The van der Waals surface area contributed by atoms with E-state index < -0.39 is 5.60 Å². The number of rotatable bonds is 12. The number of carbonyl (C=O) groups is 1. The van der Waals surface area contributed by atoms with E-state index in [4.69, 9.17) is 9.47 Å². The quantitative estimate of drug-likeness (QED) is 0.546. The average Bonchev–Trinajstić information content (AvgIpc) is 2.60. The van der Waals surface area contributed by atoms with Gasteiger partial charge in [0.2, 0.25) is 5.88 Å². The highest BCUT2D eigenvalue weighted by atomic mass is 16.5. The highest BCUT2D eigenvalue weighted by Gasteiger charge is 2.33. The second kappa shape index (κ2) is 11.1. The molecule has 0 aromatic carbocycles. The maximum Gasteiger partial charge on any atom is 0.256 e. The molecule has 1 heterocycles. The van der Waals surface area contributed by atoms with Crippen LogP contribution in [0.5, 0.6) is 5.88 Å². The van der Waals surface area contributed by atoms with Gasteiger partial charge in [-0.2, -0.15) is 0 Å². The maximum absolute atomic E-state index is 12.8. The van der Waals surface area contributed by atoms with E-state index in [2.05, 4.69) is 24.1 Å². The van der Waals surface area contributed by atoms with Crippen LogP contribution in [-0.2, 0) is 9.53 Å². The lowest BCUT2D eigenvalue weighted by atomic mass is 9.97. The van der Waals surface area contributed by atoms with Crippen molar-refractivity contribution in [3.8, 4) is 5.88 Å². The van der Waals surface area contributed by atoms with Gasteiger partial charge in [-0.25, -0.2) is 4.98 Å². The molecule has 1 N–H and O–H groups in total. The molecule has 1 aromatic rings. The van der Waals surface area contributed by atoms with Crippen molar-refractivity contribution in [2.75, 3.05) is 18.5 Å². The molecule has 0 bridgehead atoms. The molecular weight excluding hydrogens is 316 g/mol. The summed E-state index contributed by atoms with van der Waals surface area (Å²) in [6.45, 7) is 11.3. The SMILES string of the molecule is CCCCOc1ncc(NC(=O)[C@@](C)(CCCC)OCCC)cc1C. The van der Waals surface area contributed by atoms with E-state index in [1.807, 2.05) is 26.8 Å². The molecule has 0 fully saturated rings. The van der Waals surface area contributed by atoms with Crippen molar-refractivity contribution in [2.45, 2.75) is 78.7 Å². The third-order valence-corrected chi connectivity index (χ3v) is 4.14. The lowest BCUT2D eigenvalue weighted by Gasteiger charge is -2.28. The number of hydrogen-bond acceptors (Lipinski definition) is 4. The first-order chi connectivity index (χ1) is 12.0. The van der Waals surface area contributed by atoms with E-state index in [-0.39, 0.29) is 5.91 Å². The highest BCUT2D eigenvalue weighted by Crippen LogP contribution is 2.24. The first-order valence-electron chi connectivity index (χ1n) is 9.51. The summed E-state index contributed by atoms with van der Waals surface area (Å²) in [5.74, 6) is 0.512. The minimum absolute atomic E-state index is 0.116. The van der Waals surface area contributed by atoms with Crippen LogP contribution < -0.4 is 10.1 Å². The van der Waals surface area contributed by atoms with Crippen molar-refractivity contribution in [1.82, 2.24) is 4.98 Å². The second-order valence-corrected chi connectivity index (χ2v) is 6.69. The Labute approximate surface area is 152 Å². The van der Waals surface area contributed by atoms with Gasteiger partial charge in [0.1, 0.15) is 5.60 Å². The summed E-state index contributed by atoms with van der Waals surface area (Å²) in [7, 11) is 0. The number of amides is 1. The minimum Gasteiger partial charge on any atom is -0.477 e. The normalized spacial score (nSPS) is 13.3. The van der Waals surface area contributed by atoms with Crippen LogP contribution in [0, 0.1) is 6.92 Å². The molecule has 25 heavy (non-hydrogen) atoms. The van der Waals surface area contributed by atoms with E-state index in [9.17, 15) is 4.79 Å². The molecule has 0 aliphatic carbocycles. The Morgan fingerprint density at radius 1 is 1.16 bits per heavy atom. The third kappa shape index (κ3) is 7.02. The lowest BCUT2D eigenvalue weighted by molar-refractivity contribution is -0.140. The number of nitrogens with zero attached hydrogens (tertiary/aromatic N) is 1. The van der Waals surface area contributed by atoms with Crippen LogP contribution >= 0.6 is 0 Å². The molecule has 0 aliphatic rings. The zero-order chi connectivity index (χ0) is 18.7. The summed E-state index contributed by atoms with van der Waals surface area (Å²) in [5.41, 5.74) is 0.780. The third-order valence-electron chi connectivity index (χ3n) is 4.14. The van der Waals surface area contributed by atoms with E-state index in [0.717, 1.165) is 37.7 Å². The number of pyridine rings is 1. The maximum atomic E-state index is 12.8. The molecule has 5 nitrogen and oxygen atoms in total. The van der Waals surface area contributed by atoms with Gasteiger partial charge >= 0.3 is 0 Å². The molecule has 1 atom stereocenters. The van der Waals surface area contributed by atoms with Crippen LogP contribution in [0.25, 0.3) is 0 Å². The lowest BCUT2D eigenvalue weighted by Crippen LogP contribution is -2.43. The van der Waals surface area contributed by atoms with Gasteiger partial charge in [-0.15, -0.1) is 0 Å². The Morgan fingerprint density at radius 2 is 1.88 bits per heavy atom. The van der Waals surface area contributed by atoms with E-state index in [1.54, 1.807) is 6.20 Å². The zero-order valence-electron chi connectivity index (χ0n) is 16.5. The van der Waals surface area contributed by atoms with Crippen LogP contribution in [-0.4, -0.2) is 29.7 Å². The molecule has 0 spiro atoms. The molecule has 1 aromatic heterocycles. The number of aromatic nitrogens is 1. The number of aryl methyl sites for hydroxylation is 1. The molecule has 0 radical (unpaired) electrons. The molecule has 1 rings (SSSR count). The molecular formula is C20H34N2O3. The van der Waals surface area contributed by atoms with Gasteiger partial charge in [0.25, 0.3) is 5.91 Å². The fourth-order valence-corrected chi connectivity index (χ4v) is 2.45. The minimum atomic E-state index is -0.809. The zero-order valence-corrected chi connectivity index (χ0v) is 16.5. The predicted octanol–water partition coefficient (Wildman–Crippen LogP) is 4.88. The molecule has 142 valence electrons. The van der Waals surface area contributed by atoms with Gasteiger partial charge in [-0.05, 0) is 39.2 Å². The van der Waals surface area contributed by atoms with Gasteiger partial charge in [0.05, 0.1) is 18.5 Å². The largest absolute Gasteiger partial charge is 0.477 e. The Kier molecular flexibility index (Phi) is 9.50. The van der Waals surface area contributed by atoms with Gasteiger partial charge in [0, 0.05) is 12.2 Å².